The summed E-state index contributed by atoms with van der Waals surface area (Å²) in [5.41, 5.74) is 3.59. The second-order valence-electron chi connectivity index (χ2n) is 7.92. The SMILES string of the molecule is CCCC(CC)(Pc1ccccc1C=NC)c1cc(OC)ccc1OCc1ccccc1. The quantitative estimate of drug-likeness (QED) is 0.241. The summed E-state index contributed by atoms with van der Waals surface area (Å²) in [4.78, 5) is 4.28. The Kier molecular flexibility index (Phi) is 8.88. The standard InChI is InChI=1S/C28H34NO2P/c1-5-18-28(6-2,32-27-15-11-10-14-23(27)20-29-3)25-19-24(30-4)16-17-26(25)31-21-22-12-8-7-9-13-22/h7-17,19-20,32H,5-6,18,21H2,1-4H3. The molecular formula is C28H34NO2P. The van der Waals surface area contributed by atoms with Gasteiger partial charge in [0.15, 0.2) is 0 Å². The Morgan fingerprint density at radius 2 is 1.72 bits per heavy atom. The summed E-state index contributed by atoms with van der Waals surface area (Å²) >= 11 is 0. The van der Waals surface area contributed by atoms with Gasteiger partial charge in [0.25, 0.3) is 0 Å². The van der Waals surface area contributed by atoms with Crippen molar-refractivity contribution in [2.45, 2.75) is 44.9 Å². The number of benzene rings is 3. The third-order valence-corrected chi connectivity index (χ3v) is 7.90. The third kappa shape index (κ3) is 5.78. The van der Waals surface area contributed by atoms with Gasteiger partial charge in [-0.3, -0.25) is 4.99 Å². The zero-order chi connectivity index (χ0) is 22.8. The van der Waals surface area contributed by atoms with Gasteiger partial charge in [-0.2, -0.15) is 0 Å². The normalized spacial score (nSPS) is 13.5. The Morgan fingerprint density at radius 3 is 2.41 bits per heavy atom. The molecule has 0 saturated heterocycles. The highest BCUT2D eigenvalue weighted by molar-refractivity contribution is 7.48. The largest absolute Gasteiger partial charge is 0.497 e. The molecule has 0 saturated carbocycles. The lowest BCUT2D eigenvalue weighted by molar-refractivity contribution is 0.297. The summed E-state index contributed by atoms with van der Waals surface area (Å²) in [6.45, 7) is 5.10. The molecule has 2 atom stereocenters. The molecule has 0 amide bonds. The van der Waals surface area contributed by atoms with Crippen molar-refractivity contribution in [1.29, 1.82) is 0 Å². The highest BCUT2D eigenvalue weighted by Gasteiger charge is 2.34. The number of aliphatic imine (C=N–C) groups is 1. The van der Waals surface area contributed by atoms with Gasteiger partial charge in [-0.1, -0.05) is 83.4 Å². The Balaban J connectivity index is 2.05. The van der Waals surface area contributed by atoms with Crippen molar-refractivity contribution < 1.29 is 9.47 Å². The molecule has 2 unspecified atom stereocenters. The van der Waals surface area contributed by atoms with Gasteiger partial charge in [-0.15, -0.1) is 0 Å². The molecular weight excluding hydrogens is 413 g/mol. The topological polar surface area (TPSA) is 30.8 Å². The van der Waals surface area contributed by atoms with Crippen LogP contribution in [0.25, 0.3) is 0 Å². The molecule has 0 aliphatic rings. The van der Waals surface area contributed by atoms with Gasteiger partial charge in [0.05, 0.1) is 7.11 Å². The van der Waals surface area contributed by atoms with Crippen LogP contribution in [0, 0.1) is 0 Å². The molecule has 3 nitrogen and oxygen atoms in total. The minimum absolute atomic E-state index is 0.0347. The Morgan fingerprint density at radius 1 is 0.969 bits per heavy atom. The lowest BCUT2D eigenvalue weighted by atomic mass is 9.89. The van der Waals surface area contributed by atoms with Crippen LogP contribution >= 0.6 is 8.58 Å². The Bertz CT molecular complexity index is 1020. The molecule has 32 heavy (non-hydrogen) atoms. The molecule has 168 valence electrons. The van der Waals surface area contributed by atoms with Gasteiger partial charge in [0, 0.05) is 24.0 Å². The van der Waals surface area contributed by atoms with Crippen molar-refractivity contribution in [3.8, 4) is 11.5 Å². The van der Waals surface area contributed by atoms with Crippen LogP contribution in [0.5, 0.6) is 11.5 Å². The number of rotatable bonds is 11. The number of nitrogens with zero attached hydrogens (tertiary/aromatic N) is 1. The molecule has 0 aliphatic heterocycles. The Hall–Kier alpha value is -2.64. The van der Waals surface area contributed by atoms with Crippen LogP contribution in [0.3, 0.4) is 0 Å². The van der Waals surface area contributed by atoms with Crippen molar-refractivity contribution in [2.75, 3.05) is 14.2 Å². The summed E-state index contributed by atoms with van der Waals surface area (Å²) in [7, 11) is 4.16. The second-order valence-corrected chi connectivity index (χ2v) is 9.67. The monoisotopic (exact) mass is 447 g/mol. The summed E-state index contributed by atoms with van der Waals surface area (Å²) < 4.78 is 12.0. The van der Waals surface area contributed by atoms with Crippen LogP contribution in [-0.2, 0) is 11.8 Å². The van der Waals surface area contributed by atoms with Crippen molar-refractivity contribution >= 4 is 20.1 Å². The fourth-order valence-electron chi connectivity index (χ4n) is 4.14. The Labute approximate surface area is 194 Å². The van der Waals surface area contributed by atoms with E-state index >= 15 is 0 Å². The van der Waals surface area contributed by atoms with Gasteiger partial charge >= 0.3 is 0 Å². The van der Waals surface area contributed by atoms with Crippen LogP contribution in [0.15, 0.2) is 77.8 Å². The molecule has 0 aliphatic carbocycles. The fourth-order valence-corrected chi connectivity index (χ4v) is 6.01. The van der Waals surface area contributed by atoms with Gasteiger partial charge in [0.1, 0.15) is 18.1 Å². The summed E-state index contributed by atoms with van der Waals surface area (Å²) in [6.07, 6.45) is 5.16. The van der Waals surface area contributed by atoms with E-state index in [4.69, 9.17) is 9.47 Å². The van der Waals surface area contributed by atoms with E-state index in [1.54, 1.807) is 7.11 Å². The number of methoxy groups -OCH3 is 1. The predicted molar refractivity (Wildman–Crippen MR) is 139 cm³/mol. The van der Waals surface area contributed by atoms with Crippen LogP contribution in [0.4, 0.5) is 0 Å². The molecule has 0 radical (unpaired) electrons. The van der Waals surface area contributed by atoms with E-state index in [2.05, 4.69) is 79.5 Å². The zero-order valence-corrected chi connectivity index (χ0v) is 20.6. The van der Waals surface area contributed by atoms with Crippen LogP contribution in [0.2, 0.25) is 0 Å². The number of hydrogen-bond acceptors (Lipinski definition) is 3. The number of ether oxygens (including phenoxy) is 2. The van der Waals surface area contributed by atoms with Crippen molar-refractivity contribution in [3.63, 3.8) is 0 Å². The smallest absolute Gasteiger partial charge is 0.124 e. The second kappa shape index (κ2) is 11.8. The maximum atomic E-state index is 6.41. The minimum Gasteiger partial charge on any atom is -0.497 e. The molecule has 4 heteroatoms. The predicted octanol–water partition coefficient (Wildman–Crippen LogP) is 6.73. The minimum atomic E-state index is -0.0347. The third-order valence-electron chi connectivity index (χ3n) is 5.82. The fraction of sp³-hybridized carbons (Fsp3) is 0.321. The van der Waals surface area contributed by atoms with E-state index in [9.17, 15) is 0 Å². The summed E-state index contributed by atoms with van der Waals surface area (Å²) in [5.74, 6) is 1.81. The molecule has 0 fully saturated rings. The maximum absolute atomic E-state index is 6.41. The zero-order valence-electron chi connectivity index (χ0n) is 19.6. The van der Waals surface area contributed by atoms with E-state index in [1.807, 2.05) is 25.4 Å². The van der Waals surface area contributed by atoms with Crippen molar-refractivity contribution in [2.24, 2.45) is 4.99 Å². The van der Waals surface area contributed by atoms with Crippen LogP contribution in [0.1, 0.15) is 49.8 Å². The first kappa shape index (κ1) is 24.0. The van der Waals surface area contributed by atoms with Crippen molar-refractivity contribution in [3.05, 3.63) is 89.5 Å². The lowest BCUT2D eigenvalue weighted by Gasteiger charge is -2.35. The van der Waals surface area contributed by atoms with Gasteiger partial charge in [0.2, 0.25) is 0 Å². The molecule has 0 bridgehead atoms. The van der Waals surface area contributed by atoms with E-state index < -0.39 is 0 Å². The first-order valence-corrected chi connectivity index (χ1v) is 12.3. The number of hydrogen-bond donors (Lipinski definition) is 0. The maximum Gasteiger partial charge on any atom is 0.124 e. The van der Waals surface area contributed by atoms with E-state index in [0.717, 1.165) is 30.8 Å². The molecule has 0 aromatic heterocycles. The molecule has 0 spiro atoms. The van der Waals surface area contributed by atoms with Gasteiger partial charge in [-0.05, 0) is 47.5 Å². The first-order chi connectivity index (χ1) is 15.7. The van der Waals surface area contributed by atoms with Gasteiger partial charge < -0.3 is 9.47 Å². The van der Waals surface area contributed by atoms with E-state index in [-0.39, 0.29) is 5.16 Å². The van der Waals surface area contributed by atoms with Crippen molar-refractivity contribution in [1.82, 2.24) is 0 Å². The molecule has 3 aromatic carbocycles. The molecule has 0 N–H and O–H groups in total. The summed E-state index contributed by atoms with van der Waals surface area (Å²) in [6, 6.07) is 25.2. The van der Waals surface area contributed by atoms with Crippen LogP contribution in [-0.4, -0.2) is 20.4 Å². The van der Waals surface area contributed by atoms with Gasteiger partial charge in [-0.25, -0.2) is 0 Å². The first-order valence-electron chi connectivity index (χ1n) is 11.3. The molecule has 0 heterocycles. The highest BCUT2D eigenvalue weighted by atomic mass is 31.1. The van der Waals surface area contributed by atoms with E-state index in [0.29, 0.717) is 15.2 Å². The highest BCUT2D eigenvalue weighted by Crippen LogP contribution is 2.52. The average molecular weight is 448 g/mol. The van der Waals surface area contributed by atoms with Crippen LogP contribution < -0.4 is 14.8 Å². The molecule has 3 rings (SSSR count). The average Bonchev–Trinajstić information content (AvgIpc) is 2.84. The summed E-state index contributed by atoms with van der Waals surface area (Å²) in [5, 5.41) is 1.30. The van der Waals surface area contributed by atoms with E-state index in [1.165, 1.54) is 22.0 Å². The molecule has 3 aromatic rings. The lowest BCUT2D eigenvalue weighted by Crippen LogP contribution is -2.25.